The van der Waals surface area contributed by atoms with Crippen LogP contribution in [0.25, 0.3) is 0 Å². The molecule has 0 unspecified atom stereocenters. The Morgan fingerprint density at radius 3 is 2.26 bits per heavy atom. The second-order valence-electron chi connectivity index (χ2n) is 5.06. The third kappa shape index (κ3) is 4.56. The quantitative estimate of drug-likeness (QED) is 0.653. The summed E-state index contributed by atoms with van der Waals surface area (Å²) in [7, 11) is -3.66. The fourth-order valence-corrected chi connectivity index (χ4v) is 2.78. The van der Waals surface area contributed by atoms with Crippen molar-refractivity contribution in [2.75, 3.05) is 6.61 Å². The van der Waals surface area contributed by atoms with Gasteiger partial charge in [-0.1, -0.05) is 17.7 Å². The van der Waals surface area contributed by atoms with Crippen molar-refractivity contribution in [1.82, 2.24) is 4.83 Å². The first-order valence-electron chi connectivity index (χ1n) is 7.28. The first-order chi connectivity index (χ1) is 10.9. The van der Waals surface area contributed by atoms with Gasteiger partial charge in [0, 0.05) is 0 Å². The number of rotatable bonds is 6. The summed E-state index contributed by atoms with van der Waals surface area (Å²) in [5.74, 6) is 0.768. The van der Waals surface area contributed by atoms with Gasteiger partial charge in [-0.05, 0) is 62.7 Å². The van der Waals surface area contributed by atoms with E-state index in [9.17, 15) is 8.42 Å². The molecular formula is C17H20N2O3S. The minimum atomic E-state index is -3.66. The molecule has 0 amide bonds. The fraction of sp³-hybridized carbons (Fsp3) is 0.235. The second-order valence-corrected chi connectivity index (χ2v) is 6.72. The van der Waals surface area contributed by atoms with E-state index in [4.69, 9.17) is 4.74 Å². The number of ether oxygens (including phenoxy) is 1. The predicted octanol–water partition coefficient (Wildman–Crippen LogP) is 3.10. The first-order valence-corrected chi connectivity index (χ1v) is 8.76. The molecule has 6 heteroatoms. The van der Waals surface area contributed by atoms with Crippen molar-refractivity contribution in [1.29, 1.82) is 0 Å². The van der Waals surface area contributed by atoms with Crippen LogP contribution in [0.3, 0.4) is 0 Å². The highest BCUT2D eigenvalue weighted by Crippen LogP contribution is 2.13. The highest BCUT2D eigenvalue weighted by Gasteiger charge is 2.12. The van der Waals surface area contributed by atoms with Crippen LogP contribution in [0.5, 0.6) is 5.75 Å². The van der Waals surface area contributed by atoms with Gasteiger partial charge in [0.2, 0.25) is 0 Å². The zero-order valence-corrected chi connectivity index (χ0v) is 14.2. The molecule has 122 valence electrons. The summed E-state index contributed by atoms with van der Waals surface area (Å²) in [5.41, 5.74) is 2.39. The summed E-state index contributed by atoms with van der Waals surface area (Å²) in [6, 6.07) is 13.9. The zero-order chi connectivity index (χ0) is 16.9. The molecule has 0 aliphatic rings. The van der Waals surface area contributed by atoms with E-state index in [0.29, 0.717) is 12.3 Å². The lowest BCUT2D eigenvalue weighted by molar-refractivity contribution is 0.340. The van der Waals surface area contributed by atoms with Crippen molar-refractivity contribution in [3.63, 3.8) is 0 Å². The van der Waals surface area contributed by atoms with Crippen molar-refractivity contribution >= 4 is 15.7 Å². The Bertz CT molecular complexity index is 780. The molecule has 2 aromatic rings. The van der Waals surface area contributed by atoms with E-state index in [-0.39, 0.29) is 4.90 Å². The largest absolute Gasteiger partial charge is 0.494 e. The highest BCUT2D eigenvalue weighted by atomic mass is 32.2. The van der Waals surface area contributed by atoms with E-state index in [1.807, 2.05) is 38.1 Å². The third-order valence-electron chi connectivity index (χ3n) is 3.25. The van der Waals surface area contributed by atoms with Crippen molar-refractivity contribution < 1.29 is 13.2 Å². The van der Waals surface area contributed by atoms with Gasteiger partial charge in [0.05, 0.1) is 17.2 Å². The van der Waals surface area contributed by atoms with Crippen molar-refractivity contribution in [3.8, 4) is 5.75 Å². The lowest BCUT2D eigenvalue weighted by Gasteiger charge is -2.07. The predicted molar refractivity (Wildman–Crippen MR) is 91.3 cm³/mol. The molecule has 0 saturated carbocycles. The van der Waals surface area contributed by atoms with Crippen LogP contribution >= 0.6 is 0 Å². The van der Waals surface area contributed by atoms with E-state index in [1.165, 1.54) is 0 Å². The smallest absolute Gasteiger partial charge is 0.276 e. The van der Waals surface area contributed by atoms with Crippen LogP contribution in [-0.4, -0.2) is 20.7 Å². The molecule has 0 aliphatic carbocycles. The standard InChI is InChI=1S/C17H20N2O3S/c1-4-22-16-9-7-15(8-10-16)14(3)18-19-23(20,21)17-11-5-13(2)6-12-17/h5-12,19H,4H2,1-3H3/b18-14+. The van der Waals surface area contributed by atoms with Gasteiger partial charge in [0.15, 0.2) is 0 Å². The molecule has 0 bridgehead atoms. The lowest BCUT2D eigenvalue weighted by atomic mass is 10.1. The molecular weight excluding hydrogens is 312 g/mol. The third-order valence-corrected chi connectivity index (χ3v) is 4.47. The van der Waals surface area contributed by atoms with Crippen LogP contribution < -0.4 is 9.57 Å². The van der Waals surface area contributed by atoms with E-state index in [0.717, 1.165) is 16.9 Å². The lowest BCUT2D eigenvalue weighted by Crippen LogP contribution is -2.19. The molecule has 23 heavy (non-hydrogen) atoms. The van der Waals surface area contributed by atoms with Gasteiger partial charge >= 0.3 is 0 Å². The summed E-state index contributed by atoms with van der Waals surface area (Å²) >= 11 is 0. The minimum absolute atomic E-state index is 0.186. The molecule has 5 nitrogen and oxygen atoms in total. The Hall–Kier alpha value is -2.34. The molecule has 0 aliphatic heterocycles. The van der Waals surface area contributed by atoms with Gasteiger partial charge in [0.1, 0.15) is 5.75 Å². The summed E-state index contributed by atoms with van der Waals surface area (Å²) in [6.45, 7) is 6.16. The highest BCUT2D eigenvalue weighted by molar-refractivity contribution is 7.89. The number of hydrogen-bond acceptors (Lipinski definition) is 4. The van der Waals surface area contributed by atoms with Crippen molar-refractivity contribution in [3.05, 3.63) is 59.7 Å². The SMILES string of the molecule is CCOc1ccc(/C(C)=N/NS(=O)(=O)c2ccc(C)cc2)cc1. The fourth-order valence-electron chi connectivity index (χ4n) is 1.92. The van der Waals surface area contributed by atoms with Gasteiger partial charge in [-0.3, -0.25) is 0 Å². The number of hydrazone groups is 1. The Labute approximate surface area is 137 Å². The molecule has 0 saturated heterocycles. The Kier molecular flexibility index (Phi) is 5.39. The van der Waals surface area contributed by atoms with Crippen LogP contribution in [0.4, 0.5) is 0 Å². The molecule has 0 fully saturated rings. The summed E-state index contributed by atoms with van der Waals surface area (Å²) in [4.78, 5) is 2.45. The van der Waals surface area contributed by atoms with Gasteiger partial charge in [-0.25, -0.2) is 0 Å². The average Bonchev–Trinajstić information content (AvgIpc) is 2.54. The van der Waals surface area contributed by atoms with E-state index in [2.05, 4.69) is 9.93 Å². The maximum Gasteiger partial charge on any atom is 0.276 e. The van der Waals surface area contributed by atoms with Crippen LogP contribution in [0, 0.1) is 6.92 Å². The Morgan fingerprint density at radius 1 is 1.09 bits per heavy atom. The molecule has 0 radical (unpaired) electrons. The topological polar surface area (TPSA) is 67.8 Å². The summed E-state index contributed by atoms with van der Waals surface area (Å²) in [6.07, 6.45) is 0. The van der Waals surface area contributed by atoms with Gasteiger partial charge in [-0.2, -0.15) is 18.4 Å². The maximum absolute atomic E-state index is 12.2. The molecule has 0 atom stereocenters. The number of aryl methyl sites for hydroxylation is 1. The molecule has 0 aromatic heterocycles. The van der Waals surface area contributed by atoms with Crippen molar-refractivity contribution in [2.45, 2.75) is 25.7 Å². The van der Waals surface area contributed by atoms with Crippen molar-refractivity contribution in [2.24, 2.45) is 5.10 Å². The second kappa shape index (κ2) is 7.28. The molecule has 1 N–H and O–H groups in total. The monoisotopic (exact) mass is 332 g/mol. The molecule has 0 heterocycles. The van der Waals surface area contributed by atoms with Crippen LogP contribution in [0.15, 0.2) is 58.5 Å². The van der Waals surface area contributed by atoms with Gasteiger partial charge in [0.25, 0.3) is 10.0 Å². The van der Waals surface area contributed by atoms with Gasteiger partial charge in [-0.15, -0.1) is 0 Å². The average molecular weight is 332 g/mol. The molecule has 2 aromatic carbocycles. The summed E-state index contributed by atoms with van der Waals surface area (Å²) < 4.78 is 29.7. The first kappa shape index (κ1) is 17.0. The van der Waals surface area contributed by atoms with Crippen LogP contribution in [0.2, 0.25) is 0 Å². The van der Waals surface area contributed by atoms with Crippen LogP contribution in [0.1, 0.15) is 25.0 Å². The van der Waals surface area contributed by atoms with E-state index >= 15 is 0 Å². The number of nitrogens with zero attached hydrogens (tertiary/aromatic N) is 1. The summed E-state index contributed by atoms with van der Waals surface area (Å²) in [5, 5.41) is 3.98. The number of nitrogens with one attached hydrogen (secondary N) is 1. The molecule has 2 rings (SSSR count). The minimum Gasteiger partial charge on any atom is -0.494 e. The molecule has 0 spiro atoms. The normalized spacial score (nSPS) is 12.0. The van der Waals surface area contributed by atoms with E-state index in [1.54, 1.807) is 31.2 Å². The number of hydrogen-bond donors (Lipinski definition) is 1. The Morgan fingerprint density at radius 2 is 1.70 bits per heavy atom. The number of benzene rings is 2. The zero-order valence-electron chi connectivity index (χ0n) is 13.4. The van der Waals surface area contributed by atoms with E-state index < -0.39 is 10.0 Å². The Balaban J connectivity index is 2.13. The number of sulfonamides is 1. The maximum atomic E-state index is 12.2. The van der Waals surface area contributed by atoms with Gasteiger partial charge < -0.3 is 4.74 Å². The van der Waals surface area contributed by atoms with Crippen LogP contribution in [-0.2, 0) is 10.0 Å².